The third-order valence-electron chi connectivity index (χ3n) is 2.43. The number of hydrogen-bond acceptors (Lipinski definition) is 4. The van der Waals surface area contributed by atoms with Crippen molar-refractivity contribution in [3.63, 3.8) is 0 Å². The van der Waals surface area contributed by atoms with Gasteiger partial charge in [0.2, 0.25) is 0 Å². The van der Waals surface area contributed by atoms with E-state index >= 15 is 0 Å². The Labute approximate surface area is 124 Å². The molecule has 0 amide bonds. The van der Waals surface area contributed by atoms with Gasteiger partial charge in [-0.3, -0.25) is 0 Å². The van der Waals surface area contributed by atoms with Gasteiger partial charge in [-0.05, 0) is 34.1 Å². The fourth-order valence-corrected chi connectivity index (χ4v) is 2.32. The molecule has 1 aromatic heterocycles. The van der Waals surface area contributed by atoms with Crippen LogP contribution in [0.2, 0.25) is 5.02 Å². The molecule has 0 saturated heterocycles. The molecule has 102 valence electrons. The Morgan fingerprint density at radius 1 is 1.42 bits per heavy atom. The number of halogens is 2. The largest absolute Gasteiger partial charge is 0.490 e. The minimum absolute atomic E-state index is 0.0763. The predicted octanol–water partition coefficient (Wildman–Crippen LogP) is 2.31. The van der Waals surface area contributed by atoms with Gasteiger partial charge in [0.15, 0.2) is 0 Å². The van der Waals surface area contributed by atoms with E-state index in [1.807, 2.05) is 6.07 Å². The van der Waals surface area contributed by atoms with Crippen LogP contribution in [0.1, 0.15) is 5.69 Å². The maximum absolute atomic E-state index is 8.79. The summed E-state index contributed by atoms with van der Waals surface area (Å²) in [4.78, 5) is 0. The molecule has 0 spiro atoms. The van der Waals surface area contributed by atoms with E-state index < -0.39 is 0 Å². The quantitative estimate of drug-likeness (QED) is 0.872. The van der Waals surface area contributed by atoms with Crippen molar-refractivity contribution in [3.05, 3.63) is 39.6 Å². The minimum Gasteiger partial charge on any atom is -0.490 e. The second kappa shape index (κ2) is 6.88. The Morgan fingerprint density at radius 2 is 2.26 bits per heavy atom. The number of aliphatic hydroxyl groups is 1. The highest BCUT2D eigenvalue weighted by Gasteiger charge is 2.03. The first-order valence-corrected chi connectivity index (χ1v) is 6.94. The van der Waals surface area contributed by atoms with Crippen molar-refractivity contribution in [1.29, 1.82) is 0 Å². The highest BCUT2D eigenvalue weighted by Crippen LogP contribution is 2.27. The Bertz CT molecular complexity index is 548. The van der Waals surface area contributed by atoms with Gasteiger partial charge >= 0.3 is 0 Å². The van der Waals surface area contributed by atoms with Gasteiger partial charge in [0, 0.05) is 24.2 Å². The second-order valence-electron chi connectivity index (χ2n) is 3.87. The highest BCUT2D eigenvalue weighted by molar-refractivity contribution is 9.10. The maximum atomic E-state index is 8.79. The number of aromatic nitrogens is 3. The van der Waals surface area contributed by atoms with Gasteiger partial charge < -0.3 is 9.84 Å². The first-order valence-electron chi connectivity index (χ1n) is 5.77. The summed E-state index contributed by atoms with van der Waals surface area (Å²) in [6, 6.07) is 5.37. The zero-order valence-electron chi connectivity index (χ0n) is 10.1. The van der Waals surface area contributed by atoms with Crippen LogP contribution in [-0.2, 0) is 13.0 Å². The van der Waals surface area contributed by atoms with Crippen LogP contribution in [0.3, 0.4) is 0 Å². The molecule has 0 atom stereocenters. The zero-order valence-corrected chi connectivity index (χ0v) is 12.4. The topological polar surface area (TPSA) is 60.2 Å². The van der Waals surface area contributed by atoms with E-state index in [-0.39, 0.29) is 6.61 Å². The van der Waals surface area contributed by atoms with Crippen LogP contribution >= 0.6 is 27.5 Å². The van der Waals surface area contributed by atoms with Gasteiger partial charge in [-0.15, -0.1) is 5.10 Å². The van der Waals surface area contributed by atoms with Crippen LogP contribution in [0, 0.1) is 0 Å². The molecule has 0 aliphatic heterocycles. The molecule has 7 heteroatoms. The standard InChI is InChI=1S/C12H13BrClN3O2/c13-11-7-9(14)1-2-12(11)19-6-4-17-8-10(3-5-18)15-16-17/h1-2,7-8,18H,3-6H2. The first kappa shape index (κ1) is 14.3. The number of benzene rings is 1. The van der Waals surface area contributed by atoms with Crippen molar-refractivity contribution in [3.8, 4) is 5.75 Å². The lowest BCUT2D eigenvalue weighted by molar-refractivity contribution is 0.288. The van der Waals surface area contributed by atoms with E-state index in [1.54, 1.807) is 23.0 Å². The van der Waals surface area contributed by atoms with Crippen molar-refractivity contribution in [1.82, 2.24) is 15.0 Å². The molecule has 0 saturated carbocycles. The van der Waals surface area contributed by atoms with Crippen molar-refractivity contribution in [2.75, 3.05) is 13.2 Å². The highest BCUT2D eigenvalue weighted by atomic mass is 79.9. The third kappa shape index (κ3) is 4.19. The molecule has 0 aliphatic carbocycles. The van der Waals surface area contributed by atoms with E-state index in [4.69, 9.17) is 21.4 Å². The van der Waals surface area contributed by atoms with E-state index in [9.17, 15) is 0 Å². The Hall–Kier alpha value is -1.11. The monoisotopic (exact) mass is 345 g/mol. The molecular weight excluding hydrogens is 334 g/mol. The summed E-state index contributed by atoms with van der Waals surface area (Å²) >= 11 is 9.24. The summed E-state index contributed by atoms with van der Waals surface area (Å²) in [6.45, 7) is 1.14. The number of aliphatic hydroxyl groups excluding tert-OH is 1. The van der Waals surface area contributed by atoms with Crippen molar-refractivity contribution >= 4 is 27.5 Å². The average Bonchev–Trinajstić information content (AvgIpc) is 2.80. The first-order chi connectivity index (χ1) is 9.19. The van der Waals surface area contributed by atoms with E-state index in [0.29, 0.717) is 24.6 Å². The molecule has 2 rings (SSSR count). The summed E-state index contributed by atoms with van der Waals surface area (Å²) in [5, 5.41) is 17.3. The zero-order chi connectivity index (χ0) is 13.7. The van der Waals surface area contributed by atoms with E-state index in [2.05, 4.69) is 26.2 Å². The molecule has 2 aromatic rings. The van der Waals surface area contributed by atoms with Crippen molar-refractivity contribution in [2.24, 2.45) is 0 Å². The summed E-state index contributed by atoms with van der Waals surface area (Å²) in [6.07, 6.45) is 2.32. The van der Waals surface area contributed by atoms with E-state index in [1.165, 1.54) is 0 Å². The lowest BCUT2D eigenvalue weighted by atomic mass is 10.3. The lowest BCUT2D eigenvalue weighted by Crippen LogP contribution is -2.09. The summed E-state index contributed by atoms with van der Waals surface area (Å²) in [7, 11) is 0. The number of rotatable bonds is 6. The van der Waals surface area contributed by atoms with Gasteiger partial charge in [0.05, 0.1) is 16.7 Å². The van der Waals surface area contributed by atoms with Gasteiger partial charge in [0.1, 0.15) is 12.4 Å². The summed E-state index contributed by atoms with van der Waals surface area (Å²) < 4.78 is 8.13. The Morgan fingerprint density at radius 3 is 3.00 bits per heavy atom. The maximum Gasteiger partial charge on any atom is 0.133 e. The van der Waals surface area contributed by atoms with Gasteiger partial charge in [-0.1, -0.05) is 16.8 Å². The molecule has 1 aromatic carbocycles. The number of hydrogen-bond donors (Lipinski definition) is 1. The molecule has 19 heavy (non-hydrogen) atoms. The van der Waals surface area contributed by atoms with Crippen LogP contribution in [0.25, 0.3) is 0 Å². The van der Waals surface area contributed by atoms with Crippen molar-refractivity contribution in [2.45, 2.75) is 13.0 Å². The van der Waals surface area contributed by atoms with Gasteiger partial charge in [-0.25, -0.2) is 4.68 Å². The molecule has 5 nitrogen and oxygen atoms in total. The third-order valence-corrected chi connectivity index (χ3v) is 3.28. The molecule has 0 unspecified atom stereocenters. The molecule has 0 aliphatic rings. The number of ether oxygens (including phenoxy) is 1. The summed E-state index contributed by atoms with van der Waals surface area (Å²) in [5.74, 6) is 0.736. The molecule has 0 bridgehead atoms. The van der Waals surface area contributed by atoms with Gasteiger partial charge in [0.25, 0.3) is 0 Å². The normalized spacial score (nSPS) is 10.7. The molecule has 0 fully saturated rings. The summed E-state index contributed by atoms with van der Waals surface area (Å²) in [5.41, 5.74) is 0.773. The van der Waals surface area contributed by atoms with Gasteiger partial charge in [-0.2, -0.15) is 0 Å². The Kier molecular flexibility index (Phi) is 5.18. The molecule has 1 heterocycles. The smallest absolute Gasteiger partial charge is 0.133 e. The van der Waals surface area contributed by atoms with Crippen molar-refractivity contribution < 1.29 is 9.84 Å². The second-order valence-corrected chi connectivity index (χ2v) is 5.16. The van der Waals surface area contributed by atoms with Crippen LogP contribution in [0.15, 0.2) is 28.9 Å². The Balaban J connectivity index is 1.85. The number of nitrogens with zero attached hydrogens (tertiary/aromatic N) is 3. The molecular formula is C12H13BrClN3O2. The minimum atomic E-state index is 0.0763. The van der Waals surface area contributed by atoms with Crippen LogP contribution < -0.4 is 4.74 Å². The SMILES string of the molecule is OCCc1cn(CCOc2ccc(Cl)cc2Br)nn1. The molecule has 0 radical (unpaired) electrons. The fourth-order valence-electron chi connectivity index (χ4n) is 1.52. The van der Waals surface area contributed by atoms with Crippen LogP contribution in [0.4, 0.5) is 0 Å². The average molecular weight is 347 g/mol. The fraction of sp³-hybridized carbons (Fsp3) is 0.333. The van der Waals surface area contributed by atoms with Crippen LogP contribution in [0.5, 0.6) is 5.75 Å². The van der Waals surface area contributed by atoms with E-state index in [0.717, 1.165) is 15.9 Å². The lowest BCUT2D eigenvalue weighted by Gasteiger charge is -2.08. The molecule has 1 N–H and O–H groups in total. The predicted molar refractivity (Wildman–Crippen MR) is 75.5 cm³/mol. The van der Waals surface area contributed by atoms with Crippen LogP contribution in [-0.4, -0.2) is 33.3 Å².